The molecule has 1 N–H and O–H groups in total. The number of carbonyl (C=O) groups is 2. The SMILES string of the molecule is C[C@H](NC(=O)c1cccc([N+](=O)[O-])c1)C(=O)OCc1ccc(F)cc1Cl. The average molecular weight is 381 g/mol. The first-order chi connectivity index (χ1) is 12.3. The Morgan fingerprint density at radius 3 is 2.69 bits per heavy atom. The second-order valence-electron chi connectivity index (χ2n) is 5.35. The summed E-state index contributed by atoms with van der Waals surface area (Å²) in [6.45, 7) is 1.22. The third kappa shape index (κ3) is 5.00. The number of hydrogen-bond donors (Lipinski definition) is 1. The fourth-order valence-electron chi connectivity index (χ4n) is 2.01. The van der Waals surface area contributed by atoms with Gasteiger partial charge in [0.25, 0.3) is 11.6 Å². The molecule has 0 spiro atoms. The van der Waals surface area contributed by atoms with Gasteiger partial charge in [-0.3, -0.25) is 14.9 Å². The maximum atomic E-state index is 13.0. The quantitative estimate of drug-likeness (QED) is 0.471. The van der Waals surface area contributed by atoms with Gasteiger partial charge < -0.3 is 10.1 Å². The van der Waals surface area contributed by atoms with E-state index in [0.29, 0.717) is 5.56 Å². The zero-order chi connectivity index (χ0) is 19.3. The Morgan fingerprint density at radius 1 is 1.31 bits per heavy atom. The van der Waals surface area contributed by atoms with Gasteiger partial charge >= 0.3 is 5.97 Å². The van der Waals surface area contributed by atoms with Crippen LogP contribution in [0.25, 0.3) is 0 Å². The van der Waals surface area contributed by atoms with Crippen LogP contribution in [-0.2, 0) is 16.1 Å². The summed E-state index contributed by atoms with van der Waals surface area (Å²) in [7, 11) is 0. The van der Waals surface area contributed by atoms with Crippen molar-refractivity contribution >= 4 is 29.2 Å². The molecule has 0 aliphatic rings. The Morgan fingerprint density at radius 2 is 2.04 bits per heavy atom. The fourth-order valence-corrected chi connectivity index (χ4v) is 2.23. The van der Waals surface area contributed by atoms with E-state index >= 15 is 0 Å². The van der Waals surface area contributed by atoms with Crippen LogP contribution in [0.4, 0.5) is 10.1 Å². The van der Waals surface area contributed by atoms with E-state index in [2.05, 4.69) is 5.32 Å². The van der Waals surface area contributed by atoms with Gasteiger partial charge in [-0.15, -0.1) is 0 Å². The lowest BCUT2D eigenvalue weighted by molar-refractivity contribution is -0.384. The minimum absolute atomic E-state index is 0.0421. The number of carbonyl (C=O) groups excluding carboxylic acids is 2. The van der Waals surface area contributed by atoms with Gasteiger partial charge in [0.15, 0.2) is 0 Å². The van der Waals surface area contributed by atoms with Crippen molar-refractivity contribution in [1.82, 2.24) is 5.32 Å². The van der Waals surface area contributed by atoms with Gasteiger partial charge in [-0.05, 0) is 25.1 Å². The van der Waals surface area contributed by atoms with E-state index in [1.165, 1.54) is 37.3 Å². The van der Waals surface area contributed by atoms with Gasteiger partial charge in [0.05, 0.1) is 9.95 Å². The van der Waals surface area contributed by atoms with Crippen molar-refractivity contribution in [1.29, 1.82) is 0 Å². The van der Waals surface area contributed by atoms with Crippen molar-refractivity contribution in [3.05, 3.63) is 74.5 Å². The number of esters is 1. The molecular formula is C17H14ClFN2O5. The Labute approximate surface area is 152 Å². The van der Waals surface area contributed by atoms with Crippen molar-refractivity contribution in [2.45, 2.75) is 19.6 Å². The first-order valence-electron chi connectivity index (χ1n) is 7.44. The molecule has 1 amide bonds. The third-order valence-corrected chi connectivity index (χ3v) is 3.76. The number of nitro benzene ring substituents is 1. The second-order valence-corrected chi connectivity index (χ2v) is 5.75. The minimum Gasteiger partial charge on any atom is -0.459 e. The van der Waals surface area contributed by atoms with E-state index in [-0.39, 0.29) is 22.9 Å². The molecule has 136 valence electrons. The Balaban J connectivity index is 1.94. The predicted octanol–water partition coefficient (Wildman–Crippen LogP) is 3.25. The summed E-state index contributed by atoms with van der Waals surface area (Å²) in [6, 6.07) is 7.77. The first kappa shape index (κ1) is 19.3. The van der Waals surface area contributed by atoms with Gasteiger partial charge in [0, 0.05) is 23.3 Å². The molecule has 0 radical (unpaired) electrons. The van der Waals surface area contributed by atoms with Crippen LogP contribution in [0.15, 0.2) is 42.5 Å². The number of ether oxygens (including phenoxy) is 1. The van der Waals surface area contributed by atoms with Crippen LogP contribution in [0.2, 0.25) is 5.02 Å². The molecular weight excluding hydrogens is 367 g/mol. The zero-order valence-corrected chi connectivity index (χ0v) is 14.3. The molecule has 0 saturated heterocycles. The highest BCUT2D eigenvalue weighted by atomic mass is 35.5. The minimum atomic E-state index is -0.999. The summed E-state index contributed by atoms with van der Waals surface area (Å²) >= 11 is 5.84. The predicted molar refractivity (Wildman–Crippen MR) is 91.2 cm³/mol. The largest absolute Gasteiger partial charge is 0.459 e. The van der Waals surface area contributed by atoms with E-state index in [1.807, 2.05) is 0 Å². The van der Waals surface area contributed by atoms with Crippen molar-refractivity contribution in [2.75, 3.05) is 0 Å². The number of nitrogens with zero attached hydrogens (tertiary/aromatic N) is 1. The van der Waals surface area contributed by atoms with Crippen LogP contribution < -0.4 is 5.32 Å². The molecule has 26 heavy (non-hydrogen) atoms. The number of amides is 1. The Bertz CT molecular complexity index is 859. The summed E-state index contributed by atoms with van der Waals surface area (Å²) in [6.07, 6.45) is 0. The third-order valence-electron chi connectivity index (χ3n) is 3.41. The van der Waals surface area contributed by atoms with E-state index in [1.54, 1.807) is 0 Å². The molecule has 2 aromatic carbocycles. The average Bonchev–Trinajstić information content (AvgIpc) is 2.60. The van der Waals surface area contributed by atoms with Crippen LogP contribution in [0.3, 0.4) is 0 Å². The van der Waals surface area contributed by atoms with Gasteiger partial charge in [-0.2, -0.15) is 0 Å². The molecule has 1 atom stereocenters. The number of nitro groups is 1. The summed E-state index contributed by atoms with van der Waals surface area (Å²) in [5.74, 6) is -1.90. The monoisotopic (exact) mass is 380 g/mol. The van der Waals surface area contributed by atoms with Crippen LogP contribution in [-0.4, -0.2) is 22.8 Å². The number of hydrogen-bond acceptors (Lipinski definition) is 5. The highest BCUT2D eigenvalue weighted by Crippen LogP contribution is 2.18. The molecule has 9 heteroatoms. The molecule has 0 saturated carbocycles. The smallest absolute Gasteiger partial charge is 0.328 e. The molecule has 7 nitrogen and oxygen atoms in total. The number of rotatable bonds is 6. The fraction of sp³-hybridized carbons (Fsp3) is 0.176. The summed E-state index contributed by atoms with van der Waals surface area (Å²) in [5, 5.41) is 13.2. The molecule has 2 rings (SSSR count). The molecule has 0 heterocycles. The van der Waals surface area contributed by atoms with Crippen LogP contribution in [0, 0.1) is 15.9 Å². The lowest BCUT2D eigenvalue weighted by Crippen LogP contribution is -2.39. The van der Waals surface area contributed by atoms with Crippen molar-refractivity contribution in [3.8, 4) is 0 Å². The normalized spacial score (nSPS) is 11.5. The molecule has 0 aliphatic heterocycles. The first-order valence-corrected chi connectivity index (χ1v) is 7.81. The number of non-ortho nitro benzene ring substituents is 1. The van der Waals surface area contributed by atoms with Crippen LogP contribution in [0.1, 0.15) is 22.8 Å². The maximum Gasteiger partial charge on any atom is 0.328 e. The maximum absolute atomic E-state index is 13.0. The van der Waals surface area contributed by atoms with Crippen molar-refractivity contribution in [2.24, 2.45) is 0 Å². The van der Waals surface area contributed by atoms with E-state index in [4.69, 9.17) is 16.3 Å². The molecule has 0 fully saturated rings. The summed E-state index contributed by atoms with van der Waals surface area (Å²) < 4.78 is 18.0. The van der Waals surface area contributed by atoms with Gasteiger partial charge in [-0.25, -0.2) is 9.18 Å². The Kier molecular flexibility index (Phi) is 6.24. The molecule has 0 aromatic heterocycles. The molecule has 0 unspecified atom stereocenters. The van der Waals surface area contributed by atoms with Crippen molar-refractivity contribution < 1.29 is 23.6 Å². The number of halogens is 2. The van der Waals surface area contributed by atoms with Gasteiger partial charge in [0.1, 0.15) is 18.5 Å². The molecule has 0 bridgehead atoms. The zero-order valence-electron chi connectivity index (χ0n) is 13.6. The lowest BCUT2D eigenvalue weighted by atomic mass is 10.2. The number of nitrogens with one attached hydrogen (secondary N) is 1. The Hall–Kier alpha value is -3.00. The highest BCUT2D eigenvalue weighted by Gasteiger charge is 2.19. The van der Waals surface area contributed by atoms with Gasteiger partial charge in [-0.1, -0.05) is 23.7 Å². The van der Waals surface area contributed by atoms with Gasteiger partial charge in [0.2, 0.25) is 0 Å². The van der Waals surface area contributed by atoms with E-state index in [9.17, 15) is 24.1 Å². The van der Waals surface area contributed by atoms with E-state index < -0.39 is 28.7 Å². The second kappa shape index (κ2) is 8.39. The molecule has 0 aliphatic carbocycles. The molecule has 2 aromatic rings. The standard InChI is InChI=1S/C17H14ClFN2O5/c1-10(17(23)26-9-12-5-6-13(19)8-15(12)18)20-16(22)11-3-2-4-14(7-11)21(24)25/h2-8,10H,9H2,1H3,(H,20,22)/t10-/m0/s1. The highest BCUT2D eigenvalue weighted by molar-refractivity contribution is 6.31. The van der Waals surface area contributed by atoms with Crippen molar-refractivity contribution in [3.63, 3.8) is 0 Å². The number of benzene rings is 2. The lowest BCUT2D eigenvalue weighted by Gasteiger charge is -2.14. The summed E-state index contributed by atoms with van der Waals surface area (Å²) in [4.78, 5) is 34.2. The van der Waals surface area contributed by atoms with Crippen LogP contribution >= 0.6 is 11.6 Å². The van der Waals surface area contributed by atoms with E-state index in [0.717, 1.165) is 12.1 Å². The summed E-state index contributed by atoms with van der Waals surface area (Å²) in [5.41, 5.74) is 0.220. The van der Waals surface area contributed by atoms with Crippen LogP contribution in [0.5, 0.6) is 0 Å². The topological polar surface area (TPSA) is 98.5 Å².